The molecule has 23 heavy (non-hydrogen) atoms. The van der Waals surface area contributed by atoms with Gasteiger partial charge >= 0.3 is 0 Å². The molecular weight excluding hydrogens is 330 g/mol. The predicted molar refractivity (Wildman–Crippen MR) is 97.2 cm³/mol. The Morgan fingerprint density at radius 3 is 2.74 bits per heavy atom. The molecule has 2 heterocycles. The number of aliphatic imine (C=N–C) groups is 1. The largest absolute Gasteiger partial charge is 0.317 e. The maximum atomic E-state index is 12.3. The molecule has 0 radical (unpaired) electrons. The van der Waals surface area contributed by atoms with Crippen LogP contribution in [0, 0.1) is 6.92 Å². The molecule has 1 aliphatic rings. The van der Waals surface area contributed by atoms with Gasteiger partial charge in [-0.3, -0.25) is 14.7 Å². The average molecular weight is 346 g/mol. The molecule has 0 bridgehead atoms. The molecule has 1 fully saturated rings. The third-order valence-corrected chi connectivity index (χ3v) is 5.25. The second-order valence-corrected chi connectivity index (χ2v) is 6.63. The van der Waals surface area contributed by atoms with E-state index in [1.54, 1.807) is 19.0 Å². The van der Waals surface area contributed by atoms with Crippen LogP contribution in [-0.2, 0) is 4.79 Å². The monoisotopic (exact) mass is 345 g/mol. The van der Waals surface area contributed by atoms with Crippen molar-refractivity contribution in [1.82, 2.24) is 9.47 Å². The van der Waals surface area contributed by atoms with Gasteiger partial charge in [-0.05, 0) is 54.6 Å². The minimum atomic E-state index is -0.0368. The molecule has 0 N–H and O–H groups in total. The normalized spacial score (nSPS) is 18.4. The number of carbonyl (C=O) groups is 1. The van der Waals surface area contributed by atoms with Crippen LogP contribution in [0.5, 0.6) is 0 Å². The Balaban J connectivity index is 2.00. The van der Waals surface area contributed by atoms with E-state index >= 15 is 0 Å². The van der Waals surface area contributed by atoms with Gasteiger partial charge in [0.05, 0.1) is 4.91 Å². The Hall–Kier alpha value is -1.98. The standard InChI is InChI=1S/C17H16ClN3OS/c1-11-6-7-13(9-14(11)18)21-8-4-5-12(21)10-15-16(22)20(3)17(19-2)23-15/h4-10H,1-3H3/b15-10+,19-17?. The van der Waals surface area contributed by atoms with E-state index in [1.165, 1.54) is 11.8 Å². The van der Waals surface area contributed by atoms with Crippen molar-refractivity contribution >= 4 is 40.5 Å². The van der Waals surface area contributed by atoms with Crippen LogP contribution in [0.2, 0.25) is 5.02 Å². The zero-order valence-electron chi connectivity index (χ0n) is 13.1. The molecule has 1 aromatic heterocycles. The van der Waals surface area contributed by atoms with E-state index in [-0.39, 0.29) is 5.91 Å². The third kappa shape index (κ3) is 2.94. The molecule has 2 aromatic rings. The van der Waals surface area contributed by atoms with Gasteiger partial charge in [0.1, 0.15) is 0 Å². The molecule has 0 atom stereocenters. The number of aryl methyl sites for hydroxylation is 1. The summed E-state index contributed by atoms with van der Waals surface area (Å²) in [6, 6.07) is 9.84. The Labute approximate surface area is 144 Å². The lowest BCUT2D eigenvalue weighted by Gasteiger charge is -2.09. The van der Waals surface area contributed by atoms with Crippen molar-refractivity contribution in [3.05, 3.63) is 57.7 Å². The maximum absolute atomic E-state index is 12.3. The molecule has 0 aliphatic carbocycles. The van der Waals surface area contributed by atoms with E-state index in [0.717, 1.165) is 22.0 Å². The molecule has 0 spiro atoms. The zero-order chi connectivity index (χ0) is 16.6. The first kappa shape index (κ1) is 15.9. The van der Waals surface area contributed by atoms with E-state index in [1.807, 2.05) is 54.1 Å². The fourth-order valence-corrected chi connectivity index (χ4v) is 3.45. The van der Waals surface area contributed by atoms with Crippen LogP contribution in [0.1, 0.15) is 11.3 Å². The lowest BCUT2D eigenvalue weighted by molar-refractivity contribution is -0.121. The molecule has 1 saturated heterocycles. The summed E-state index contributed by atoms with van der Waals surface area (Å²) < 4.78 is 2.01. The summed E-state index contributed by atoms with van der Waals surface area (Å²) >= 11 is 7.61. The Bertz CT molecular complexity index is 838. The number of thioether (sulfide) groups is 1. The number of likely N-dealkylation sites (N-methyl/N-ethyl adjacent to an activating group) is 1. The van der Waals surface area contributed by atoms with Crippen molar-refractivity contribution in [3.63, 3.8) is 0 Å². The van der Waals surface area contributed by atoms with Gasteiger partial charge in [-0.15, -0.1) is 0 Å². The SMILES string of the molecule is CN=C1S/C(=C/c2cccn2-c2ccc(C)c(Cl)c2)C(=O)N1C. The van der Waals surface area contributed by atoms with E-state index in [0.29, 0.717) is 10.1 Å². The van der Waals surface area contributed by atoms with Gasteiger partial charge in [-0.25, -0.2) is 0 Å². The van der Waals surface area contributed by atoms with Crippen LogP contribution in [0.3, 0.4) is 0 Å². The molecule has 3 rings (SSSR count). The number of carbonyl (C=O) groups excluding carboxylic acids is 1. The van der Waals surface area contributed by atoms with Gasteiger partial charge in [0.25, 0.3) is 5.91 Å². The Morgan fingerprint density at radius 1 is 1.30 bits per heavy atom. The number of nitrogens with zero attached hydrogens (tertiary/aromatic N) is 3. The zero-order valence-corrected chi connectivity index (χ0v) is 14.6. The van der Waals surface area contributed by atoms with Crippen molar-refractivity contribution in [1.29, 1.82) is 0 Å². The van der Waals surface area contributed by atoms with Gasteiger partial charge < -0.3 is 4.57 Å². The van der Waals surface area contributed by atoms with Crippen molar-refractivity contribution in [2.24, 2.45) is 4.99 Å². The number of hydrogen-bond acceptors (Lipinski definition) is 3. The van der Waals surface area contributed by atoms with Gasteiger partial charge in [-0.2, -0.15) is 0 Å². The van der Waals surface area contributed by atoms with E-state index < -0.39 is 0 Å². The fourth-order valence-electron chi connectivity index (χ4n) is 2.36. The first-order chi connectivity index (χ1) is 11.0. The fraction of sp³-hybridized carbons (Fsp3) is 0.176. The van der Waals surface area contributed by atoms with Gasteiger partial charge in [0.2, 0.25) is 0 Å². The summed E-state index contributed by atoms with van der Waals surface area (Å²) in [5.74, 6) is -0.0368. The van der Waals surface area contributed by atoms with Crippen molar-refractivity contribution in [2.75, 3.05) is 14.1 Å². The van der Waals surface area contributed by atoms with Gasteiger partial charge in [0.15, 0.2) is 5.17 Å². The first-order valence-corrected chi connectivity index (χ1v) is 8.29. The molecule has 1 aromatic carbocycles. The lowest BCUT2D eigenvalue weighted by Crippen LogP contribution is -2.23. The smallest absolute Gasteiger partial charge is 0.266 e. The topological polar surface area (TPSA) is 37.6 Å². The highest BCUT2D eigenvalue weighted by Gasteiger charge is 2.29. The van der Waals surface area contributed by atoms with Crippen molar-refractivity contribution < 1.29 is 4.79 Å². The van der Waals surface area contributed by atoms with Crippen LogP contribution in [0.4, 0.5) is 0 Å². The molecule has 118 valence electrons. The maximum Gasteiger partial charge on any atom is 0.266 e. The molecule has 0 saturated carbocycles. The highest BCUT2D eigenvalue weighted by molar-refractivity contribution is 8.18. The van der Waals surface area contributed by atoms with Crippen LogP contribution >= 0.6 is 23.4 Å². The summed E-state index contributed by atoms with van der Waals surface area (Å²) in [5.41, 5.74) is 2.92. The summed E-state index contributed by atoms with van der Waals surface area (Å²) in [7, 11) is 3.42. The molecule has 4 nitrogen and oxygen atoms in total. The molecular formula is C17H16ClN3OS. The first-order valence-electron chi connectivity index (χ1n) is 7.09. The number of hydrogen-bond donors (Lipinski definition) is 0. The van der Waals surface area contributed by atoms with Gasteiger partial charge in [-0.1, -0.05) is 17.7 Å². The van der Waals surface area contributed by atoms with E-state index in [2.05, 4.69) is 4.99 Å². The average Bonchev–Trinajstić information content (AvgIpc) is 3.10. The summed E-state index contributed by atoms with van der Waals surface area (Å²) in [4.78, 5) is 18.6. The minimum absolute atomic E-state index is 0.0368. The number of amidine groups is 1. The number of aromatic nitrogens is 1. The predicted octanol–water partition coefficient (Wildman–Crippen LogP) is 3.97. The summed E-state index contributed by atoms with van der Waals surface area (Å²) in [5, 5.41) is 1.43. The van der Waals surface area contributed by atoms with Crippen LogP contribution in [-0.4, -0.2) is 34.6 Å². The molecule has 0 unspecified atom stereocenters. The quantitative estimate of drug-likeness (QED) is 0.772. The second-order valence-electron chi connectivity index (χ2n) is 5.22. The minimum Gasteiger partial charge on any atom is -0.317 e. The molecule has 1 aliphatic heterocycles. The summed E-state index contributed by atoms with van der Waals surface area (Å²) in [6.07, 6.45) is 3.84. The van der Waals surface area contributed by atoms with Gasteiger partial charge in [0, 0.05) is 36.7 Å². The molecule has 1 amide bonds. The Kier molecular flexibility index (Phi) is 4.33. The number of rotatable bonds is 2. The van der Waals surface area contributed by atoms with Crippen LogP contribution in [0.25, 0.3) is 11.8 Å². The Morgan fingerprint density at radius 2 is 2.09 bits per heavy atom. The van der Waals surface area contributed by atoms with Crippen LogP contribution in [0.15, 0.2) is 46.4 Å². The highest BCUT2D eigenvalue weighted by Crippen LogP contribution is 2.32. The summed E-state index contributed by atoms with van der Waals surface area (Å²) in [6.45, 7) is 1.97. The number of benzene rings is 1. The van der Waals surface area contributed by atoms with Crippen molar-refractivity contribution in [2.45, 2.75) is 6.92 Å². The van der Waals surface area contributed by atoms with Crippen LogP contribution < -0.4 is 0 Å². The van der Waals surface area contributed by atoms with E-state index in [9.17, 15) is 4.79 Å². The number of amides is 1. The number of halogens is 1. The van der Waals surface area contributed by atoms with Crippen molar-refractivity contribution in [3.8, 4) is 5.69 Å². The third-order valence-electron chi connectivity index (χ3n) is 3.69. The highest BCUT2D eigenvalue weighted by atomic mass is 35.5. The second kappa shape index (κ2) is 6.26. The lowest BCUT2D eigenvalue weighted by atomic mass is 10.2. The van der Waals surface area contributed by atoms with E-state index in [4.69, 9.17) is 11.6 Å². The molecule has 6 heteroatoms.